The van der Waals surface area contributed by atoms with Crippen molar-refractivity contribution in [2.45, 2.75) is 32.6 Å². The van der Waals surface area contributed by atoms with Crippen LogP contribution in [0.3, 0.4) is 0 Å². The molecular weight excluding hydrogens is 140 g/mol. The van der Waals surface area contributed by atoms with Crippen molar-refractivity contribution in [3.05, 3.63) is 11.6 Å². The number of hydrogen-bond acceptors (Lipinski definition) is 2. The van der Waals surface area contributed by atoms with Crippen molar-refractivity contribution in [3.8, 4) is 0 Å². The van der Waals surface area contributed by atoms with Crippen LogP contribution in [0.25, 0.3) is 0 Å². The van der Waals surface area contributed by atoms with E-state index in [1.165, 1.54) is 5.57 Å². The number of aliphatic hydroxyl groups excluding tert-OH is 2. The Morgan fingerprint density at radius 3 is 2.45 bits per heavy atom. The summed E-state index contributed by atoms with van der Waals surface area (Å²) in [6.45, 7) is 2.58. The van der Waals surface area contributed by atoms with Gasteiger partial charge in [0.15, 0.2) is 0 Å². The summed E-state index contributed by atoms with van der Waals surface area (Å²) in [6, 6.07) is 0. The van der Waals surface area contributed by atoms with Gasteiger partial charge in [-0.2, -0.15) is 0 Å². The van der Waals surface area contributed by atoms with E-state index in [2.05, 4.69) is 13.0 Å². The van der Waals surface area contributed by atoms with E-state index in [1.807, 2.05) is 0 Å². The van der Waals surface area contributed by atoms with Crippen molar-refractivity contribution in [1.29, 1.82) is 0 Å². The molecule has 0 rings (SSSR count). The molecule has 0 heterocycles. The maximum atomic E-state index is 8.63. The Balaban J connectivity index is 3.52. The van der Waals surface area contributed by atoms with E-state index in [0.29, 0.717) is 0 Å². The van der Waals surface area contributed by atoms with Crippen molar-refractivity contribution in [3.63, 3.8) is 0 Å². The lowest BCUT2D eigenvalue weighted by molar-refractivity contribution is 0.289. The third-order valence-corrected chi connectivity index (χ3v) is 1.68. The summed E-state index contributed by atoms with van der Waals surface area (Å²) < 4.78 is 0. The van der Waals surface area contributed by atoms with Crippen molar-refractivity contribution >= 4 is 0 Å². The highest BCUT2D eigenvalue weighted by Crippen LogP contribution is 2.07. The Kier molecular flexibility index (Phi) is 7.52. The predicted octanol–water partition coefficient (Wildman–Crippen LogP) is 1.48. The van der Waals surface area contributed by atoms with Crippen LogP contribution in [0.2, 0.25) is 0 Å². The van der Waals surface area contributed by atoms with Gasteiger partial charge in [-0.1, -0.05) is 18.6 Å². The molecule has 0 aliphatic heterocycles. The Labute approximate surface area is 68.6 Å². The van der Waals surface area contributed by atoms with Gasteiger partial charge in [-0.25, -0.2) is 0 Å². The molecule has 0 aromatic carbocycles. The summed E-state index contributed by atoms with van der Waals surface area (Å²) >= 11 is 0. The number of allylic oxidation sites excluding steroid dienone is 1. The molecule has 0 radical (unpaired) electrons. The molecule has 0 saturated carbocycles. The Bertz CT molecular complexity index is 108. The minimum Gasteiger partial charge on any atom is -0.396 e. The molecule has 0 atom stereocenters. The Morgan fingerprint density at radius 2 is 2.00 bits per heavy atom. The van der Waals surface area contributed by atoms with Gasteiger partial charge in [0.1, 0.15) is 0 Å². The first-order chi connectivity index (χ1) is 5.35. The first kappa shape index (κ1) is 10.7. The zero-order chi connectivity index (χ0) is 8.53. The van der Waals surface area contributed by atoms with Crippen LogP contribution in [0.15, 0.2) is 11.6 Å². The molecule has 0 aromatic heterocycles. The van der Waals surface area contributed by atoms with Crippen molar-refractivity contribution in [2.24, 2.45) is 0 Å². The molecule has 0 unspecified atom stereocenters. The van der Waals surface area contributed by atoms with E-state index in [1.54, 1.807) is 0 Å². The number of hydrogen-bond donors (Lipinski definition) is 2. The van der Waals surface area contributed by atoms with Crippen LogP contribution < -0.4 is 0 Å². The minimum atomic E-state index is 0.235. The van der Waals surface area contributed by atoms with Crippen LogP contribution >= 0.6 is 0 Å². The third kappa shape index (κ3) is 6.07. The molecule has 0 aromatic rings. The Morgan fingerprint density at radius 1 is 1.27 bits per heavy atom. The smallest absolute Gasteiger partial charge is 0.0468 e. The fourth-order valence-corrected chi connectivity index (χ4v) is 0.964. The summed E-state index contributed by atoms with van der Waals surface area (Å²) in [6.07, 6.45) is 5.66. The summed E-state index contributed by atoms with van der Waals surface area (Å²) in [5.41, 5.74) is 1.29. The lowest BCUT2D eigenvalue weighted by atomic mass is 10.1. The predicted molar refractivity (Wildman–Crippen MR) is 46.4 cm³/mol. The van der Waals surface area contributed by atoms with Crippen LogP contribution in [0.5, 0.6) is 0 Å². The monoisotopic (exact) mass is 158 g/mol. The molecule has 0 aliphatic rings. The first-order valence-electron chi connectivity index (χ1n) is 4.24. The Hall–Kier alpha value is -0.340. The maximum Gasteiger partial charge on any atom is 0.0468 e. The van der Waals surface area contributed by atoms with Crippen molar-refractivity contribution in [1.82, 2.24) is 0 Å². The zero-order valence-corrected chi connectivity index (χ0v) is 7.21. The van der Waals surface area contributed by atoms with Crippen LogP contribution in [0.1, 0.15) is 32.6 Å². The molecule has 0 amide bonds. The molecule has 0 fully saturated rings. The lowest BCUT2D eigenvalue weighted by Crippen LogP contribution is -1.88. The van der Waals surface area contributed by atoms with Crippen LogP contribution in [0.4, 0.5) is 0 Å². The average molecular weight is 158 g/mol. The second-order valence-electron chi connectivity index (χ2n) is 2.56. The SMILES string of the molecule is CC/C(=C/CCCO)CCO. The maximum absolute atomic E-state index is 8.63. The van der Waals surface area contributed by atoms with Gasteiger partial charge in [0.2, 0.25) is 0 Å². The second-order valence-corrected chi connectivity index (χ2v) is 2.56. The van der Waals surface area contributed by atoms with E-state index in [0.717, 1.165) is 25.7 Å². The van der Waals surface area contributed by atoms with Gasteiger partial charge in [-0.15, -0.1) is 0 Å². The molecule has 0 spiro atoms. The molecule has 0 saturated heterocycles. The van der Waals surface area contributed by atoms with Crippen molar-refractivity contribution < 1.29 is 10.2 Å². The van der Waals surface area contributed by atoms with E-state index < -0.39 is 0 Å². The van der Waals surface area contributed by atoms with E-state index in [4.69, 9.17) is 10.2 Å². The number of aliphatic hydroxyl groups is 2. The quantitative estimate of drug-likeness (QED) is 0.454. The summed E-state index contributed by atoms with van der Waals surface area (Å²) in [4.78, 5) is 0. The zero-order valence-electron chi connectivity index (χ0n) is 7.21. The minimum absolute atomic E-state index is 0.235. The average Bonchev–Trinajstić information content (AvgIpc) is 2.03. The molecule has 11 heavy (non-hydrogen) atoms. The summed E-state index contributed by atoms with van der Waals surface area (Å²) in [7, 11) is 0. The van der Waals surface area contributed by atoms with E-state index >= 15 is 0 Å². The highest BCUT2D eigenvalue weighted by Gasteiger charge is 1.91. The molecule has 66 valence electrons. The second kappa shape index (κ2) is 7.76. The molecule has 0 aliphatic carbocycles. The molecular formula is C9H18O2. The van der Waals surface area contributed by atoms with Gasteiger partial charge in [-0.05, 0) is 25.7 Å². The fraction of sp³-hybridized carbons (Fsp3) is 0.778. The van der Waals surface area contributed by atoms with Gasteiger partial charge in [0.25, 0.3) is 0 Å². The third-order valence-electron chi connectivity index (χ3n) is 1.68. The standard InChI is InChI=1S/C9H18O2/c1-2-9(6-8-11)5-3-4-7-10/h5,10-11H,2-4,6-8H2,1H3/b9-5-. The lowest BCUT2D eigenvalue weighted by Gasteiger charge is -2.00. The summed E-state index contributed by atoms with van der Waals surface area (Å²) in [5.74, 6) is 0. The van der Waals surface area contributed by atoms with Crippen LogP contribution in [-0.4, -0.2) is 23.4 Å². The largest absolute Gasteiger partial charge is 0.396 e. The van der Waals surface area contributed by atoms with Gasteiger partial charge >= 0.3 is 0 Å². The topological polar surface area (TPSA) is 40.5 Å². The van der Waals surface area contributed by atoms with Crippen LogP contribution in [0, 0.1) is 0 Å². The molecule has 2 N–H and O–H groups in total. The summed E-state index contributed by atoms with van der Waals surface area (Å²) in [5, 5.41) is 17.1. The number of rotatable bonds is 6. The number of unbranched alkanes of at least 4 members (excludes halogenated alkanes) is 1. The molecule has 2 nitrogen and oxygen atoms in total. The van der Waals surface area contributed by atoms with E-state index in [9.17, 15) is 0 Å². The van der Waals surface area contributed by atoms with Gasteiger partial charge in [-0.3, -0.25) is 0 Å². The molecule has 2 heteroatoms. The van der Waals surface area contributed by atoms with Gasteiger partial charge < -0.3 is 10.2 Å². The molecule has 0 bridgehead atoms. The van der Waals surface area contributed by atoms with Gasteiger partial charge in [0.05, 0.1) is 0 Å². The highest BCUT2D eigenvalue weighted by molar-refractivity contribution is 5.00. The van der Waals surface area contributed by atoms with E-state index in [-0.39, 0.29) is 13.2 Å². The van der Waals surface area contributed by atoms with Gasteiger partial charge in [0, 0.05) is 13.2 Å². The fourth-order valence-electron chi connectivity index (χ4n) is 0.964. The van der Waals surface area contributed by atoms with Crippen LogP contribution in [-0.2, 0) is 0 Å². The van der Waals surface area contributed by atoms with Crippen molar-refractivity contribution in [2.75, 3.05) is 13.2 Å². The highest BCUT2D eigenvalue weighted by atomic mass is 16.3. The normalized spacial score (nSPS) is 12.1. The first-order valence-corrected chi connectivity index (χ1v) is 4.24.